The molecule has 1 amide bonds. The Morgan fingerprint density at radius 3 is 2.67 bits per heavy atom. The highest BCUT2D eigenvalue weighted by Crippen LogP contribution is 2.24. The Bertz CT molecular complexity index is 897. The second-order valence-corrected chi connectivity index (χ2v) is 5.94. The number of pyridine rings is 1. The first kappa shape index (κ1) is 14.8. The summed E-state index contributed by atoms with van der Waals surface area (Å²) in [6, 6.07) is 8.01. The van der Waals surface area contributed by atoms with E-state index in [1.165, 1.54) is 0 Å². The number of fused-ring (bicyclic) bond motifs is 1. The average molecular weight is 322 g/mol. The second-order valence-electron chi connectivity index (χ2n) is 5.94. The summed E-state index contributed by atoms with van der Waals surface area (Å²) in [5, 5.41) is 6.23. The van der Waals surface area contributed by atoms with E-state index >= 15 is 0 Å². The van der Waals surface area contributed by atoms with Gasteiger partial charge in [-0.25, -0.2) is 0 Å². The molecule has 122 valence electrons. The molecule has 6 nitrogen and oxygen atoms in total. The van der Waals surface area contributed by atoms with E-state index in [-0.39, 0.29) is 5.91 Å². The molecule has 1 fully saturated rings. The van der Waals surface area contributed by atoms with Crippen LogP contribution < -0.4 is 0 Å². The van der Waals surface area contributed by atoms with Gasteiger partial charge in [0.2, 0.25) is 0 Å². The molecule has 0 unspecified atom stereocenters. The minimum absolute atomic E-state index is 0.0352. The number of carbonyl (C=O) groups excluding carboxylic acids is 1. The van der Waals surface area contributed by atoms with Crippen molar-refractivity contribution in [1.29, 1.82) is 0 Å². The lowest BCUT2D eigenvalue weighted by Gasteiger charge is -2.26. The second kappa shape index (κ2) is 6.05. The lowest BCUT2D eigenvalue weighted by molar-refractivity contribution is 0.0299. The lowest BCUT2D eigenvalue weighted by atomic mass is 10.0. The van der Waals surface area contributed by atoms with Crippen molar-refractivity contribution in [3.8, 4) is 11.1 Å². The zero-order valence-corrected chi connectivity index (χ0v) is 13.5. The molecule has 3 aromatic rings. The third kappa shape index (κ3) is 2.76. The molecule has 3 heterocycles. The van der Waals surface area contributed by atoms with Gasteiger partial charge in [-0.05, 0) is 23.1 Å². The highest BCUT2D eigenvalue weighted by atomic mass is 16.5. The molecule has 24 heavy (non-hydrogen) atoms. The Morgan fingerprint density at radius 1 is 1.08 bits per heavy atom. The molecule has 4 rings (SSSR count). The first-order chi connectivity index (χ1) is 11.7. The summed E-state index contributed by atoms with van der Waals surface area (Å²) in [5.74, 6) is -0.0352. The quantitative estimate of drug-likeness (QED) is 0.725. The molecule has 0 bridgehead atoms. The Balaban J connectivity index is 1.69. The predicted octanol–water partition coefficient (Wildman–Crippen LogP) is 2.11. The Hall–Kier alpha value is -2.73. The predicted molar refractivity (Wildman–Crippen MR) is 90.7 cm³/mol. The summed E-state index contributed by atoms with van der Waals surface area (Å²) in [7, 11) is 1.90. The molecule has 1 aliphatic heterocycles. The third-order valence-corrected chi connectivity index (χ3v) is 4.28. The highest BCUT2D eigenvalue weighted by Gasteiger charge is 2.19. The van der Waals surface area contributed by atoms with E-state index in [2.05, 4.69) is 16.1 Å². The molecule has 6 heteroatoms. The maximum absolute atomic E-state index is 12.6. The fraction of sp³-hybridized carbons (Fsp3) is 0.278. The Kier molecular flexibility index (Phi) is 3.74. The van der Waals surface area contributed by atoms with E-state index in [4.69, 9.17) is 4.74 Å². The van der Waals surface area contributed by atoms with Crippen LogP contribution in [0.2, 0.25) is 0 Å². The zero-order valence-electron chi connectivity index (χ0n) is 13.5. The summed E-state index contributed by atoms with van der Waals surface area (Å²) in [4.78, 5) is 18.7. The van der Waals surface area contributed by atoms with E-state index < -0.39 is 0 Å². The molecular weight excluding hydrogens is 304 g/mol. The molecule has 1 aliphatic rings. The summed E-state index contributed by atoms with van der Waals surface area (Å²) in [6.45, 7) is 2.41. The normalized spacial score (nSPS) is 15.0. The number of rotatable bonds is 2. The summed E-state index contributed by atoms with van der Waals surface area (Å²) in [6.07, 6.45) is 5.57. The van der Waals surface area contributed by atoms with Crippen LogP contribution in [0.15, 0.2) is 42.9 Å². The van der Waals surface area contributed by atoms with Crippen molar-refractivity contribution in [3.05, 3.63) is 48.5 Å². The fourth-order valence-electron chi connectivity index (χ4n) is 2.94. The highest BCUT2D eigenvalue weighted by molar-refractivity contribution is 5.97. The number of hydrogen-bond donors (Lipinski definition) is 0. The van der Waals surface area contributed by atoms with Gasteiger partial charge in [0.15, 0.2) is 0 Å². The van der Waals surface area contributed by atoms with Gasteiger partial charge in [-0.3, -0.25) is 14.5 Å². The van der Waals surface area contributed by atoms with Crippen molar-refractivity contribution >= 4 is 16.7 Å². The summed E-state index contributed by atoms with van der Waals surface area (Å²) in [5.41, 5.74) is 2.61. The molecule has 1 aromatic carbocycles. The molecule has 0 N–H and O–H groups in total. The van der Waals surface area contributed by atoms with Gasteiger partial charge in [-0.2, -0.15) is 5.10 Å². The monoisotopic (exact) mass is 322 g/mol. The molecule has 0 atom stereocenters. The minimum Gasteiger partial charge on any atom is -0.378 e. The third-order valence-electron chi connectivity index (χ3n) is 4.28. The number of aryl methyl sites for hydroxylation is 1. The van der Waals surface area contributed by atoms with Gasteiger partial charge in [0.05, 0.1) is 19.4 Å². The van der Waals surface area contributed by atoms with Crippen molar-refractivity contribution in [3.63, 3.8) is 0 Å². The fourth-order valence-corrected chi connectivity index (χ4v) is 2.94. The van der Waals surface area contributed by atoms with E-state index in [0.29, 0.717) is 32.0 Å². The van der Waals surface area contributed by atoms with Gasteiger partial charge in [0.25, 0.3) is 5.91 Å². The zero-order chi connectivity index (χ0) is 16.5. The standard InChI is InChI=1S/C18H18N4O2/c1-21-12-16(11-20-21)13-2-3-14-10-19-17(9-15(14)8-13)18(23)22-4-6-24-7-5-22/h2-3,8-12H,4-7H2,1H3. The molecule has 0 aliphatic carbocycles. The molecule has 0 saturated carbocycles. The van der Waals surface area contributed by atoms with Gasteiger partial charge < -0.3 is 9.64 Å². The average Bonchev–Trinajstić information content (AvgIpc) is 3.07. The van der Waals surface area contributed by atoms with E-state index in [1.807, 2.05) is 37.6 Å². The smallest absolute Gasteiger partial charge is 0.272 e. The van der Waals surface area contributed by atoms with Crippen LogP contribution >= 0.6 is 0 Å². The van der Waals surface area contributed by atoms with Crippen LogP contribution in [0.1, 0.15) is 10.5 Å². The van der Waals surface area contributed by atoms with Crippen LogP contribution in [0, 0.1) is 0 Å². The number of hydrogen-bond acceptors (Lipinski definition) is 4. The number of carbonyl (C=O) groups is 1. The van der Waals surface area contributed by atoms with E-state index in [0.717, 1.165) is 21.9 Å². The molecule has 0 radical (unpaired) electrons. The topological polar surface area (TPSA) is 60.2 Å². The lowest BCUT2D eigenvalue weighted by Crippen LogP contribution is -2.41. The summed E-state index contributed by atoms with van der Waals surface area (Å²) < 4.78 is 7.08. The van der Waals surface area contributed by atoms with Crippen molar-refractivity contribution in [2.75, 3.05) is 26.3 Å². The van der Waals surface area contributed by atoms with Crippen LogP contribution in [0.25, 0.3) is 21.9 Å². The van der Waals surface area contributed by atoms with Crippen molar-refractivity contribution in [2.24, 2.45) is 7.05 Å². The Morgan fingerprint density at radius 2 is 1.92 bits per heavy atom. The van der Waals surface area contributed by atoms with Gasteiger partial charge in [0.1, 0.15) is 5.69 Å². The first-order valence-electron chi connectivity index (χ1n) is 7.96. The number of ether oxygens (including phenoxy) is 1. The van der Waals surface area contributed by atoms with Crippen LogP contribution in [-0.2, 0) is 11.8 Å². The van der Waals surface area contributed by atoms with E-state index in [1.54, 1.807) is 15.8 Å². The van der Waals surface area contributed by atoms with Crippen LogP contribution in [0.4, 0.5) is 0 Å². The number of aromatic nitrogens is 3. The Labute approximate surface area is 139 Å². The van der Waals surface area contributed by atoms with Crippen LogP contribution in [-0.4, -0.2) is 51.9 Å². The minimum atomic E-state index is -0.0352. The summed E-state index contributed by atoms with van der Waals surface area (Å²) >= 11 is 0. The number of amides is 1. The number of morpholine rings is 1. The van der Waals surface area contributed by atoms with Crippen LogP contribution in [0.3, 0.4) is 0 Å². The van der Waals surface area contributed by atoms with Crippen molar-refractivity contribution in [2.45, 2.75) is 0 Å². The van der Waals surface area contributed by atoms with Gasteiger partial charge >= 0.3 is 0 Å². The number of nitrogens with zero attached hydrogens (tertiary/aromatic N) is 4. The first-order valence-corrected chi connectivity index (χ1v) is 7.96. The van der Waals surface area contributed by atoms with Gasteiger partial charge in [-0.15, -0.1) is 0 Å². The maximum Gasteiger partial charge on any atom is 0.272 e. The van der Waals surface area contributed by atoms with E-state index in [9.17, 15) is 4.79 Å². The van der Waals surface area contributed by atoms with Crippen molar-refractivity contribution in [1.82, 2.24) is 19.7 Å². The maximum atomic E-state index is 12.6. The van der Waals surface area contributed by atoms with Crippen molar-refractivity contribution < 1.29 is 9.53 Å². The molecular formula is C18H18N4O2. The SMILES string of the molecule is Cn1cc(-c2ccc3cnc(C(=O)N4CCOCC4)cc3c2)cn1. The molecule has 2 aromatic heterocycles. The van der Waals surface area contributed by atoms with Crippen LogP contribution in [0.5, 0.6) is 0 Å². The van der Waals surface area contributed by atoms with Gasteiger partial charge in [0, 0.05) is 43.5 Å². The molecule has 0 spiro atoms. The molecule has 1 saturated heterocycles. The largest absolute Gasteiger partial charge is 0.378 e. The number of benzene rings is 1. The van der Waals surface area contributed by atoms with Gasteiger partial charge in [-0.1, -0.05) is 12.1 Å².